The Bertz CT molecular complexity index is 1090. The van der Waals surface area contributed by atoms with Crippen LogP contribution in [0.5, 0.6) is 5.75 Å². The Morgan fingerprint density at radius 3 is 2.58 bits per heavy atom. The van der Waals surface area contributed by atoms with Gasteiger partial charge >= 0.3 is 0 Å². The van der Waals surface area contributed by atoms with Gasteiger partial charge in [-0.25, -0.2) is 0 Å². The van der Waals surface area contributed by atoms with Crippen molar-refractivity contribution in [2.75, 3.05) is 46.5 Å². The van der Waals surface area contributed by atoms with E-state index in [0.29, 0.717) is 37.6 Å². The average Bonchev–Trinajstić information content (AvgIpc) is 3.07. The van der Waals surface area contributed by atoms with Gasteiger partial charge in [0.15, 0.2) is 0 Å². The van der Waals surface area contributed by atoms with E-state index < -0.39 is 17.7 Å². The molecule has 1 N–H and O–H groups in total. The maximum Gasteiger partial charge on any atom is 0.295 e. The number of ether oxygens (including phenoxy) is 2. The van der Waals surface area contributed by atoms with Crippen molar-refractivity contribution >= 4 is 33.4 Å². The van der Waals surface area contributed by atoms with Gasteiger partial charge in [0.05, 0.1) is 31.9 Å². The molecule has 33 heavy (non-hydrogen) atoms. The highest BCUT2D eigenvalue weighted by Crippen LogP contribution is 2.40. The monoisotopic (exact) mass is 514 g/mol. The minimum absolute atomic E-state index is 0.102. The van der Waals surface area contributed by atoms with Crippen LogP contribution in [0.2, 0.25) is 0 Å². The summed E-state index contributed by atoms with van der Waals surface area (Å²) in [6.45, 7) is 5.76. The summed E-state index contributed by atoms with van der Waals surface area (Å²) >= 11 is 3.49. The number of methoxy groups -OCH3 is 1. The number of Topliss-reactive ketones (excluding diaryl/α,β-unsaturated/α-hetero) is 1. The third-order valence-electron chi connectivity index (χ3n) is 6.13. The predicted molar refractivity (Wildman–Crippen MR) is 128 cm³/mol. The molecule has 0 aliphatic carbocycles. The van der Waals surface area contributed by atoms with Gasteiger partial charge in [0.2, 0.25) is 0 Å². The number of aliphatic hydroxyl groups is 1. The van der Waals surface area contributed by atoms with Crippen LogP contribution in [-0.2, 0) is 14.3 Å². The molecule has 4 rings (SSSR count). The Balaban J connectivity index is 1.75. The molecule has 0 radical (unpaired) electrons. The lowest BCUT2D eigenvalue weighted by atomic mass is 9.95. The summed E-state index contributed by atoms with van der Waals surface area (Å²) < 4.78 is 11.5. The highest BCUT2D eigenvalue weighted by molar-refractivity contribution is 9.10. The van der Waals surface area contributed by atoms with Crippen molar-refractivity contribution < 1.29 is 24.2 Å². The number of hydrogen-bond acceptors (Lipinski definition) is 6. The number of amides is 1. The smallest absolute Gasteiger partial charge is 0.295 e. The van der Waals surface area contributed by atoms with Crippen LogP contribution in [0.4, 0.5) is 0 Å². The van der Waals surface area contributed by atoms with E-state index >= 15 is 0 Å². The molecule has 7 nitrogen and oxygen atoms in total. The van der Waals surface area contributed by atoms with Gasteiger partial charge in [-0.15, -0.1) is 0 Å². The number of carbonyl (C=O) groups is 2. The molecule has 0 bridgehead atoms. The fourth-order valence-corrected chi connectivity index (χ4v) is 4.81. The Morgan fingerprint density at radius 2 is 1.91 bits per heavy atom. The van der Waals surface area contributed by atoms with Crippen LogP contribution in [0.1, 0.15) is 22.7 Å². The van der Waals surface area contributed by atoms with Crippen molar-refractivity contribution in [1.29, 1.82) is 0 Å². The molecule has 1 atom stereocenters. The number of halogens is 1. The van der Waals surface area contributed by atoms with E-state index in [2.05, 4.69) is 20.8 Å². The minimum atomic E-state index is -0.675. The number of morpholine rings is 1. The van der Waals surface area contributed by atoms with Crippen LogP contribution in [0.25, 0.3) is 5.76 Å². The second kappa shape index (κ2) is 10.1. The van der Waals surface area contributed by atoms with Crippen molar-refractivity contribution in [2.24, 2.45) is 0 Å². The molecule has 0 unspecified atom stereocenters. The summed E-state index contributed by atoms with van der Waals surface area (Å²) in [5.74, 6) is -0.771. The number of ketones is 1. The molecule has 174 valence electrons. The summed E-state index contributed by atoms with van der Waals surface area (Å²) in [4.78, 5) is 30.1. The standard InChI is InChI=1S/C25H27BrN2O5/c1-16-14-18(6-7-20(16)32-2)23(29)21-22(17-4-3-5-19(26)15-17)28(25(31)24(21)30)9-8-27-10-12-33-13-11-27/h3-7,14-15,22,29H,8-13H2,1-2H3/b23-21+/t22-/m0/s1. The van der Waals surface area contributed by atoms with Gasteiger partial charge < -0.3 is 19.5 Å². The summed E-state index contributed by atoms with van der Waals surface area (Å²) in [5, 5.41) is 11.2. The molecule has 2 fully saturated rings. The first-order chi connectivity index (χ1) is 15.9. The van der Waals surface area contributed by atoms with Gasteiger partial charge in [-0.3, -0.25) is 14.5 Å². The van der Waals surface area contributed by atoms with Gasteiger partial charge in [0, 0.05) is 36.2 Å². The van der Waals surface area contributed by atoms with Gasteiger partial charge in [-0.1, -0.05) is 28.1 Å². The number of carbonyl (C=O) groups excluding carboxylic acids is 2. The van der Waals surface area contributed by atoms with E-state index in [1.807, 2.05) is 31.2 Å². The van der Waals surface area contributed by atoms with Crippen molar-refractivity contribution in [1.82, 2.24) is 9.80 Å². The van der Waals surface area contributed by atoms with E-state index in [1.165, 1.54) is 0 Å². The predicted octanol–water partition coefficient (Wildman–Crippen LogP) is 3.52. The Kier molecular flexibility index (Phi) is 7.17. The number of nitrogens with zero attached hydrogens (tertiary/aromatic N) is 2. The van der Waals surface area contributed by atoms with E-state index in [0.717, 1.165) is 28.7 Å². The molecule has 8 heteroatoms. The Hall–Kier alpha value is -2.68. The summed E-state index contributed by atoms with van der Waals surface area (Å²) in [6.07, 6.45) is 0. The van der Waals surface area contributed by atoms with Crippen molar-refractivity contribution in [3.63, 3.8) is 0 Å². The maximum absolute atomic E-state index is 13.2. The first-order valence-corrected chi connectivity index (χ1v) is 11.7. The largest absolute Gasteiger partial charge is 0.507 e. The molecular weight excluding hydrogens is 488 g/mol. The van der Waals surface area contributed by atoms with Crippen LogP contribution in [0.3, 0.4) is 0 Å². The molecule has 2 aliphatic heterocycles. The second-order valence-corrected chi connectivity index (χ2v) is 9.10. The topological polar surface area (TPSA) is 79.3 Å². The fraction of sp³-hybridized carbons (Fsp3) is 0.360. The highest BCUT2D eigenvalue weighted by atomic mass is 79.9. The third-order valence-corrected chi connectivity index (χ3v) is 6.63. The molecule has 1 amide bonds. The van der Waals surface area contributed by atoms with Crippen LogP contribution in [0.15, 0.2) is 52.5 Å². The van der Waals surface area contributed by atoms with Crippen molar-refractivity contribution in [3.8, 4) is 5.75 Å². The average molecular weight is 515 g/mol. The van der Waals surface area contributed by atoms with Crippen molar-refractivity contribution in [2.45, 2.75) is 13.0 Å². The normalized spacial score (nSPS) is 20.9. The maximum atomic E-state index is 13.2. The number of aryl methyl sites for hydroxylation is 1. The fourth-order valence-electron chi connectivity index (χ4n) is 4.39. The minimum Gasteiger partial charge on any atom is -0.507 e. The molecule has 2 heterocycles. The van der Waals surface area contributed by atoms with E-state index in [9.17, 15) is 14.7 Å². The zero-order valence-corrected chi connectivity index (χ0v) is 20.3. The molecular formula is C25H27BrN2O5. The Labute approximate surface area is 201 Å². The van der Waals surface area contributed by atoms with E-state index in [1.54, 1.807) is 30.2 Å². The summed E-state index contributed by atoms with van der Waals surface area (Å²) in [6, 6.07) is 12.0. The Morgan fingerprint density at radius 1 is 1.15 bits per heavy atom. The van der Waals surface area contributed by atoms with E-state index in [4.69, 9.17) is 9.47 Å². The molecule has 2 aromatic rings. The lowest BCUT2D eigenvalue weighted by Crippen LogP contribution is -2.42. The number of likely N-dealkylation sites (tertiary alicyclic amines) is 1. The number of hydrogen-bond donors (Lipinski definition) is 1. The number of aliphatic hydroxyl groups excluding tert-OH is 1. The SMILES string of the molecule is COc1ccc(/C(O)=C2\C(=O)C(=O)N(CCN3CCOCC3)[C@H]2c2cccc(Br)c2)cc1C. The first kappa shape index (κ1) is 23.5. The van der Waals surface area contributed by atoms with Crippen LogP contribution < -0.4 is 4.74 Å². The van der Waals surface area contributed by atoms with Gasteiger partial charge in [-0.05, 0) is 48.4 Å². The highest BCUT2D eigenvalue weighted by Gasteiger charge is 2.46. The summed E-state index contributed by atoms with van der Waals surface area (Å²) in [7, 11) is 1.58. The van der Waals surface area contributed by atoms with Gasteiger partial charge in [0.1, 0.15) is 11.5 Å². The molecule has 0 spiro atoms. The van der Waals surface area contributed by atoms with Gasteiger partial charge in [0.25, 0.3) is 11.7 Å². The first-order valence-electron chi connectivity index (χ1n) is 10.9. The summed E-state index contributed by atoms with van der Waals surface area (Å²) in [5.41, 5.74) is 2.16. The number of benzene rings is 2. The second-order valence-electron chi connectivity index (χ2n) is 8.19. The number of rotatable bonds is 6. The van der Waals surface area contributed by atoms with Crippen molar-refractivity contribution in [3.05, 3.63) is 69.2 Å². The molecule has 2 saturated heterocycles. The van der Waals surface area contributed by atoms with E-state index in [-0.39, 0.29) is 11.3 Å². The molecule has 0 saturated carbocycles. The van der Waals surface area contributed by atoms with Crippen LogP contribution >= 0.6 is 15.9 Å². The molecule has 0 aromatic heterocycles. The van der Waals surface area contributed by atoms with Gasteiger partial charge in [-0.2, -0.15) is 0 Å². The molecule has 2 aliphatic rings. The third kappa shape index (κ3) is 4.83. The zero-order valence-electron chi connectivity index (χ0n) is 18.7. The molecule has 2 aromatic carbocycles. The quantitative estimate of drug-likeness (QED) is 0.361. The van der Waals surface area contributed by atoms with Crippen LogP contribution in [0, 0.1) is 6.92 Å². The lowest BCUT2D eigenvalue weighted by molar-refractivity contribution is -0.140. The lowest BCUT2D eigenvalue weighted by Gasteiger charge is -2.31. The van der Waals surface area contributed by atoms with Crippen LogP contribution in [-0.4, -0.2) is 73.1 Å². The zero-order chi connectivity index (χ0) is 23.5.